The second-order valence-corrected chi connectivity index (χ2v) is 3.79. The summed E-state index contributed by atoms with van der Waals surface area (Å²) < 4.78 is 0. The highest BCUT2D eigenvalue weighted by atomic mass is 32.2. The number of hydrogen-bond acceptors (Lipinski definition) is 3. The zero-order valence-corrected chi connectivity index (χ0v) is 7.41. The van der Waals surface area contributed by atoms with E-state index in [1.165, 1.54) is 0 Å². The second kappa shape index (κ2) is 3.45. The highest BCUT2D eigenvalue weighted by Crippen LogP contribution is 2.35. The van der Waals surface area contributed by atoms with Crippen LogP contribution in [0.4, 0.5) is 0 Å². The third-order valence-corrected chi connectivity index (χ3v) is 2.54. The maximum atomic E-state index is 10.6. The summed E-state index contributed by atoms with van der Waals surface area (Å²) in [5.41, 5.74) is -0.546. The van der Waals surface area contributed by atoms with Gasteiger partial charge in [0.2, 0.25) is 0 Å². The van der Waals surface area contributed by atoms with E-state index in [-0.39, 0.29) is 0 Å². The molecule has 0 radical (unpaired) electrons. The van der Waals surface area contributed by atoms with E-state index < -0.39 is 11.5 Å². The minimum Gasteiger partial charge on any atom is -0.480 e. The van der Waals surface area contributed by atoms with Gasteiger partial charge in [0.05, 0.1) is 0 Å². The van der Waals surface area contributed by atoms with Crippen LogP contribution < -0.4 is 5.32 Å². The van der Waals surface area contributed by atoms with Crippen molar-refractivity contribution in [2.24, 2.45) is 0 Å². The van der Waals surface area contributed by atoms with Crippen molar-refractivity contribution in [3.8, 4) is 0 Å². The molecule has 0 aliphatic heterocycles. The number of carboxylic acids is 1. The fourth-order valence-corrected chi connectivity index (χ4v) is 1.29. The average Bonchev–Trinajstić information content (AvgIpc) is 2.70. The SMILES string of the molecule is CSCCNC1(C(=O)O)CC1. The van der Waals surface area contributed by atoms with E-state index in [2.05, 4.69) is 5.32 Å². The molecule has 1 aliphatic carbocycles. The van der Waals surface area contributed by atoms with Crippen molar-refractivity contribution >= 4 is 17.7 Å². The Labute approximate surface area is 70.6 Å². The monoisotopic (exact) mass is 175 g/mol. The molecular formula is C7H13NO2S. The van der Waals surface area contributed by atoms with Gasteiger partial charge in [-0.1, -0.05) is 0 Å². The van der Waals surface area contributed by atoms with E-state index >= 15 is 0 Å². The van der Waals surface area contributed by atoms with Crippen LogP contribution in [0.3, 0.4) is 0 Å². The molecule has 4 heteroatoms. The lowest BCUT2D eigenvalue weighted by atomic mass is 10.3. The van der Waals surface area contributed by atoms with Crippen LogP contribution in [0.25, 0.3) is 0 Å². The first-order valence-electron chi connectivity index (χ1n) is 3.69. The maximum absolute atomic E-state index is 10.6. The van der Waals surface area contributed by atoms with Crippen molar-refractivity contribution in [1.29, 1.82) is 0 Å². The van der Waals surface area contributed by atoms with Gasteiger partial charge in [-0.2, -0.15) is 11.8 Å². The normalized spacial score (nSPS) is 19.7. The van der Waals surface area contributed by atoms with Gasteiger partial charge in [0.25, 0.3) is 0 Å². The van der Waals surface area contributed by atoms with Crippen LogP contribution in [0, 0.1) is 0 Å². The number of nitrogens with one attached hydrogen (secondary N) is 1. The zero-order chi connectivity index (χ0) is 8.32. The van der Waals surface area contributed by atoms with Crippen LogP contribution in [0.5, 0.6) is 0 Å². The van der Waals surface area contributed by atoms with Gasteiger partial charge < -0.3 is 10.4 Å². The molecule has 64 valence electrons. The molecule has 1 fully saturated rings. The van der Waals surface area contributed by atoms with Crippen LogP contribution in [-0.4, -0.2) is 35.2 Å². The summed E-state index contributed by atoms with van der Waals surface area (Å²) in [7, 11) is 0. The summed E-state index contributed by atoms with van der Waals surface area (Å²) in [5.74, 6) is 0.285. The van der Waals surface area contributed by atoms with Gasteiger partial charge >= 0.3 is 5.97 Å². The summed E-state index contributed by atoms with van der Waals surface area (Å²) in [6, 6.07) is 0. The van der Waals surface area contributed by atoms with E-state index in [1.807, 2.05) is 6.26 Å². The molecule has 0 atom stereocenters. The van der Waals surface area contributed by atoms with Gasteiger partial charge in [-0.25, -0.2) is 0 Å². The van der Waals surface area contributed by atoms with Crippen LogP contribution >= 0.6 is 11.8 Å². The van der Waals surface area contributed by atoms with Gasteiger partial charge in [-0.15, -0.1) is 0 Å². The molecule has 1 aliphatic rings. The van der Waals surface area contributed by atoms with E-state index in [0.29, 0.717) is 0 Å². The number of carboxylic acid groups (broad SMARTS) is 1. The first-order chi connectivity index (χ1) is 5.21. The minimum absolute atomic E-state index is 0.546. The Morgan fingerprint density at radius 2 is 2.36 bits per heavy atom. The lowest BCUT2D eigenvalue weighted by Gasteiger charge is -2.10. The second-order valence-electron chi connectivity index (χ2n) is 2.81. The van der Waals surface area contributed by atoms with Gasteiger partial charge in [0.1, 0.15) is 5.54 Å². The topological polar surface area (TPSA) is 49.3 Å². The molecule has 1 saturated carbocycles. The van der Waals surface area contributed by atoms with Crippen molar-refractivity contribution in [2.75, 3.05) is 18.6 Å². The smallest absolute Gasteiger partial charge is 0.323 e. The summed E-state index contributed by atoms with van der Waals surface area (Å²) in [6.07, 6.45) is 3.59. The zero-order valence-electron chi connectivity index (χ0n) is 6.59. The van der Waals surface area contributed by atoms with Crippen LogP contribution in [-0.2, 0) is 4.79 Å². The summed E-state index contributed by atoms with van der Waals surface area (Å²) in [6.45, 7) is 0.799. The number of thioether (sulfide) groups is 1. The molecule has 0 aromatic heterocycles. The Kier molecular flexibility index (Phi) is 2.78. The van der Waals surface area contributed by atoms with Crippen LogP contribution in [0.1, 0.15) is 12.8 Å². The predicted octanol–water partition coefficient (Wildman–Crippen LogP) is 0.556. The quantitative estimate of drug-likeness (QED) is 0.599. The first kappa shape index (κ1) is 8.87. The fourth-order valence-electron chi connectivity index (χ4n) is 0.984. The van der Waals surface area contributed by atoms with Crippen molar-refractivity contribution in [3.63, 3.8) is 0 Å². The molecule has 0 spiro atoms. The molecule has 0 aromatic rings. The Bertz CT molecular complexity index is 157. The largest absolute Gasteiger partial charge is 0.480 e. The lowest BCUT2D eigenvalue weighted by Crippen LogP contribution is -2.40. The molecule has 0 saturated heterocycles. The number of rotatable bonds is 5. The Hall–Kier alpha value is -0.220. The molecule has 0 heterocycles. The predicted molar refractivity (Wildman–Crippen MR) is 46.0 cm³/mol. The highest BCUT2D eigenvalue weighted by molar-refractivity contribution is 7.98. The summed E-state index contributed by atoms with van der Waals surface area (Å²) in [5, 5.41) is 11.8. The number of carbonyl (C=O) groups is 1. The van der Waals surface area contributed by atoms with Crippen LogP contribution in [0.15, 0.2) is 0 Å². The average molecular weight is 175 g/mol. The van der Waals surface area contributed by atoms with Gasteiger partial charge in [0, 0.05) is 12.3 Å². The number of hydrogen-bond donors (Lipinski definition) is 2. The van der Waals surface area contributed by atoms with Crippen molar-refractivity contribution in [3.05, 3.63) is 0 Å². The van der Waals surface area contributed by atoms with E-state index in [0.717, 1.165) is 25.1 Å². The van der Waals surface area contributed by atoms with Gasteiger partial charge in [-0.3, -0.25) is 4.79 Å². The molecule has 0 aromatic carbocycles. The van der Waals surface area contributed by atoms with E-state index in [4.69, 9.17) is 5.11 Å². The molecule has 2 N–H and O–H groups in total. The molecule has 1 rings (SSSR count). The summed E-state index contributed by atoms with van der Waals surface area (Å²) >= 11 is 1.73. The molecule has 11 heavy (non-hydrogen) atoms. The maximum Gasteiger partial charge on any atom is 0.323 e. The van der Waals surface area contributed by atoms with Gasteiger partial charge in [0.15, 0.2) is 0 Å². The lowest BCUT2D eigenvalue weighted by molar-refractivity contribution is -0.140. The minimum atomic E-state index is -0.696. The highest BCUT2D eigenvalue weighted by Gasteiger charge is 2.49. The Balaban J connectivity index is 2.20. The van der Waals surface area contributed by atoms with Crippen LogP contribution in [0.2, 0.25) is 0 Å². The Morgan fingerprint density at radius 3 is 2.73 bits per heavy atom. The molecule has 0 bridgehead atoms. The Morgan fingerprint density at radius 1 is 1.73 bits per heavy atom. The van der Waals surface area contributed by atoms with E-state index in [9.17, 15) is 4.79 Å². The first-order valence-corrected chi connectivity index (χ1v) is 5.08. The third kappa shape index (κ3) is 2.10. The van der Waals surface area contributed by atoms with Crippen molar-refractivity contribution in [2.45, 2.75) is 18.4 Å². The van der Waals surface area contributed by atoms with E-state index in [1.54, 1.807) is 11.8 Å². The molecule has 0 unspecified atom stereocenters. The molecule has 3 nitrogen and oxygen atoms in total. The molecule has 0 amide bonds. The van der Waals surface area contributed by atoms with Crippen molar-refractivity contribution in [1.82, 2.24) is 5.32 Å². The van der Waals surface area contributed by atoms with Crippen molar-refractivity contribution < 1.29 is 9.90 Å². The third-order valence-electron chi connectivity index (χ3n) is 1.93. The summed E-state index contributed by atoms with van der Waals surface area (Å²) in [4.78, 5) is 10.6. The number of aliphatic carboxylic acids is 1. The van der Waals surface area contributed by atoms with Gasteiger partial charge in [-0.05, 0) is 19.1 Å². The molecular weight excluding hydrogens is 162 g/mol. The standard InChI is InChI=1S/C7H13NO2S/c1-11-5-4-8-7(2-3-7)6(9)10/h8H,2-5H2,1H3,(H,9,10). The fraction of sp³-hybridized carbons (Fsp3) is 0.857.